The molecule has 7 heteroatoms. The molecule has 0 fully saturated rings. The normalized spacial score (nSPS) is 13.7. The lowest BCUT2D eigenvalue weighted by molar-refractivity contribution is 0.0730. The SMILES string of the molecule is CC(=O)c1csc2c1CCN(C(=O)c1cnc3ccccn13)C2.CCC(C)CCC(F)CC.CCc1cccc(CC)c1. The first-order valence-electron chi connectivity index (χ1n) is 15.7. The van der Waals surface area contributed by atoms with Crippen molar-refractivity contribution < 1.29 is 14.0 Å². The van der Waals surface area contributed by atoms with E-state index in [0.717, 1.165) is 53.8 Å². The zero-order chi connectivity index (χ0) is 31.4. The van der Waals surface area contributed by atoms with Crippen LogP contribution in [0.3, 0.4) is 0 Å². The summed E-state index contributed by atoms with van der Waals surface area (Å²) in [5, 5.41) is 1.91. The molecule has 1 aromatic carbocycles. The van der Waals surface area contributed by atoms with Crippen molar-refractivity contribution >= 4 is 28.7 Å². The number of fused-ring (bicyclic) bond motifs is 2. The summed E-state index contributed by atoms with van der Waals surface area (Å²) in [6, 6.07) is 14.4. The topological polar surface area (TPSA) is 54.7 Å². The average molecular weight is 606 g/mol. The number of pyridine rings is 1. The molecule has 0 radical (unpaired) electrons. The van der Waals surface area contributed by atoms with Gasteiger partial charge in [0.05, 0.1) is 18.9 Å². The van der Waals surface area contributed by atoms with Crippen LogP contribution in [0.4, 0.5) is 4.39 Å². The van der Waals surface area contributed by atoms with Crippen LogP contribution >= 0.6 is 11.3 Å². The molecule has 4 heterocycles. The number of halogens is 1. The number of hydrogen-bond donors (Lipinski definition) is 0. The van der Waals surface area contributed by atoms with Crippen LogP contribution in [-0.4, -0.2) is 38.7 Å². The van der Waals surface area contributed by atoms with Crippen molar-refractivity contribution in [2.45, 2.75) is 99.2 Å². The maximum Gasteiger partial charge on any atom is 0.272 e. The molecule has 0 saturated heterocycles. The van der Waals surface area contributed by atoms with E-state index < -0.39 is 6.17 Å². The molecule has 5 nitrogen and oxygen atoms in total. The number of thiophene rings is 1. The molecule has 0 spiro atoms. The zero-order valence-electron chi connectivity index (χ0n) is 26.7. The van der Waals surface area contributed by atoms with E-state index in [1.54, 1.807) is 24.5 Å². The summed E-state index contributed by atoms with van der Waals surface area (Å²) >= 11 is 1.57. The van der Waals surface area contributed by atoms with Gasteiger partial charge < -0.3 is 4.90 Å². The molecule has 4 aromatic rings. The molecule has 3 aromatic heterocycles. The van der Waals surface area contributed by atoms with Gasteiger partial charge in [-0.3, -0.25) is 14.0 Å². The summed E-state index contributed by atoms with van der Waals surface area (Å²) in [5.41, 5.74) is 6.16. The molecule has 1 amide bonds. The van der Waals surface area contributed by atoms with Crippen molar-refractivity contribution in [3.8, 4) is 0 Å². The van der Waals surface area contributed by atoms with Crippen LogP contribution in [-0.2, 0) is 25.8 Å². The minimum atomic E-state index is -0.561. The van der Waals surface area contributed by atoms with E-state index in [1.807, 2.05) is 46.0 Å². The second kappa shape index (κ2) is 17.1. The van der Waals surface area contributed by atoms with Crippen LogP contribution in [0, 0.1) is 5.92 Å². The summed E-state index contributed by atoms with van der Waals surface area (Å²) < 4.78 is 14.4. The van der Waals surface area contributed by atoms with Gasteiger partial charge in [-0.05, 0) is 80.2 Å². The van der Waals surface area contributed by atoms with E-state index in [0.29, 0.717) is 31.1 Å². The standard InChI is InChI=1S/C17H15N3O2S.C10H14.C9H19F/c1-11(21)13-10-23-15-9-19(7-5-12(13)15)17(22)14-8-18-16-4-2-3-6-20(14)16;1-3-9-6-5-7-10(4-2)8-9;1-4-8(3)6-7-9(10)5-2/h2-4,6,8,10H,5,7,9H2,1H3;5-8H,3-4H2,1-2H3;8-9H,4-7H2,1-3H3. The Morgan fingerprint density at radius 3 is 2.35 bits per heavy atom. The second-order valence-electron chi connectivity index (χ2n) is 11.3. The third-order valence-electron chi connectivity index (χ3n) is 8.17. The number of carbonyl (C=O) groups excluding carboxylic acids is 2. The summed E-state index contributed by atoms with van der Waals surface area (Å²) in [6.07, 6.45) is 9.60. The Kier molecular flexibility index (Phi) is 13.6. The van der Waals surface area contributed by atoms with Crippen molar-refractivity contribution in [3.63, 3.8) is 0 Å². The van der Waals surface area contributed by atoms with E-state index in [2.05, 4.69) is 56.9 Å². The van der Waals surface area contributed by atoms with Gasteiger partial charge in [-0.15, -0.1) is 11.3 Å². The first-order chi connectivity index (χ1) is 20.7. The number of benzene rings is 1. The molecular weight excluding hydrogens is 557 g/mol. The minimum Gasteiger partial charge on any atom is -0.332 e. The number of Topliss-reactive ketones (excluding diaryl/α,β-unsaturated/α-hetero) is 1. The van der Waals surface area contributed by atoms with Gasteiger partial charge in [0.15, 0.2) is 5.78 Å². The third kappa shape index (κ3) is 9.59. The van der Waals surface area contributed by atoms with Crippen molar-refractivity contribution in [2.24, 2.45) is 5.92 Å². The van der Waals surface area contributed by atoms with Crippen molar-refractivity contribution in [1.82, 2.24) is 14.3 Å². The Morgan fingerprint density at radius 2 is 1.72 bits per heavy atom. The van der Waals surface area contributed by atoms with E-state index in [4.69, 9.17) is 0 Å². The molecule has 232 valence electrons. The molecule has 2 atom stereocenters. The molecular formula is C36H48FN3O2S. The molecule has 1 aliphatic rings. The zero-order valence-corrected chi connectivity index (χ0v) is 27.6. The minimum absolute atomic E-state index is 0.0212. The Hall–Kier alpha value is -3.32. The number of rotatable bonds is 9. The maximum absolute atomic E-state index is 12.8. The summed E-state index contributed by atoms with van der Waals surface area (Å²) in [5.74, 6) is 0.779. The molecule has 0 bridgehead atoms. The fourth-order valence-corrected chi connectivity index (χ4v) is 6.15. The summed E-state index contributed by atoms with van der Waals surface area (Å²) in [4.78, 5) is 31.7. The lowest BCUT2D eigenvalue weighted by atomic mass is 10.0. The molecule has 0 N–H and O–H groups in total. The molecule has 2 unspecified atom stereocenters. The largest absolute Gasteiger partial charge is 0.332 e. The van der Waals surface area contributed by atoms with Crippen LogP contribution < -0.4 is 0 Å². The summed E-state index contributed by atoms with van der Waals surface area (Å²) in [7, 11) is 0. The smallest absolute Gasteiger partial charge is 0.272 e. The molecule has 1 aliphatic heterocycles. The lowest BCUT2D eigenvalue weighted by Gasteiger charge is -2.27. The maximum atomic E-state index is 12.8. The number of hydrogen-bond acceptors (Lipinski definition) is 4. The Labute approximate surface area is 261 Å². The number of aryl methyl sites for hydroxylation is 2. The first kappa shape index (κ1) is 34.2. The van der Waals surface area contributed by atoms with Gasteiger partial charge in [-0.25, -0.2) is 9.37 Å². The monoisotopic (exact) mass is 605 g/mol. The fourth-order valence-electron chi connectivity index (χ4n) is 4.99. The number of carbonyl (C=O) groups is 2. The first-order valence-corrected chi connectivity index (χ1v) is 16.6. The van der Waals surface area contributed by atoms with Gasteiger partial charge >= 0.3 is 0 Å². The molecule has 5 rings (SSSR count). The Morgan fingerprint density at radius 1 is 1.00 bits per heavy atom. The van der Waals surface area contributed by atoms with Gasteiger partial charge in [-0.1, -0.05) is 71.4 Å². The quantitative estimate of drug-likeness (QED) is 0.179. The van der Waals surface area contributed by atoms with Crippen molar-refractivity contribution in [3.05, 3.63) is 93.1 Å². The van der Waals surface area contributed by atoms with E-state index in [9.17, 15) is 14.0 Å². The number of ketones is 1. The van der Waals surface area contributed by atoms with Gasteiger partial charge in [0.25, 0.3) is 5.91 Å². The van der Waals surface area contributed by atoms with Gasteiger partial charge in [0.2, 0.25) is 0 Å². The number of aromatic nitrogens is 2. The van der Waals surface area contributed by atoms with Crippen LogP contribution in [0.25, 0.3) is 5.65 Å². The van der Waals surface area contributed by atoms with E-state index in [-0.39, 0.29) is 11.7 Å². The van der Waals surface area contributed by atoms with Gasteiger partial charge in [0, 0.05) is 28.6 Å². The van der Waals surface area contributed by atoms with E-state index in [1.165, 1.54) is 17.5 Å². The highest BCUT2D eigenvalue weighted by Crippen LogP contribution is 2.29. The average Bonchev–Trinajstić information content (AvgIpc) is 3.68. The highest BCUT2D eigenvalue weighted by atomic mass is 32.1. The predicted octanol–water partition coefficient (Wildman–Crippen LogP) is 9.17. The van der Waals surface area contributed by atoms with Crippen LogP contribution in [0.15, 0.2) is 60.2 Å². The van der Waals surface area contributed by atoms with Gasteiger partial charge in [-0.2, -0.15) is 0 Å². The summed E-state index contributed by atoms with van der Waals surface area (Å²) in [6.45, 7) is 13.4. The number of amides is 1. The van der Waals surface area contributed by atoms with E-state index >= 15 is 0 Å². The predicted molar refractivity (Wildman–Crippen MR) is 177 cm³/mol. The van der Waals surface area contributed by atoms with Crippen LogP contribution in [0.2, 0.25) is 0 Å². The van der Waals surface area contributed by atoms with Crippen LogP contribution in [0.1, 0.15) is 110 Å². The third-order valence-corrected chi connectivity index (χ3v) is 9.18. The molecule has 0 aliphatic carbocycles. The second-order valence-corrected chi connectivity index (χ2v) is 12.2. The Bertz CT molecular complexity index is 1430. The Balaban J connectivity index is 0.000000211. The highest BCUT2D eigenvalue weighted by molar-refractivity contribution is 7.10. The molecule has 43 heavy (non-hydrogen) atoms. The van der Waals surface area contributed by atoms with Gasteiger partial charge in [0.1, 0.15) is 11.3 Å². The van der Waals surface area contributed by atoms with Crippen molar-refractivity contribution in [2.75, 3.05) is 6.54 Å². The molecule has 0 saturated carbocycles. The lowest BCUT2D eigenvalue weighted by Crippen LogP contribution is -2.36. The number of alkyl halides is 1. The highest BCUT2D eigenvalue weighted by Gasteiger charge is 2.27. The van der Waals surface area contributed by atoms with Crippen molar-refractivity contribution in [1.29, 1.82) is 0 Å². The van der Waals surface area contributed by atoms with Crippen LogP contribution in [0.5, 0.6) is 0 Å². The number of nitrogens with zero attached hydrogens (tertiary/aromatic N) is 3. The number of imidazole rings is 1. The fraction of sp³-hybridized carbons (Fsp3) is 0.472.